The van der Waals surface area contributed by atoms with E-state index in [0.717, 1.165) is 25.7 Å². The summed E-state index contributed by atoms with van der Waals surface area (Å²) in [6.45, 7) is 8.13. The summed E-state index contributed by atoms with van der Waals surface area (Å²) in [6, 6.07) is -1.22. The molecule has 6 atom stereocenters. The Hall–Kier alpha value is -1.89. The minimum atomic E-state index is -0.720. The van der Waals surface area contributed by atoms with Crippen molar-refractivity contribution < 1.29 is 24.2 Å². The summed E-state index contributed by atoms with van der Waals surface area (Å²) in [4.78, 5) is 40.8. The van der Waals surface area contributed by atoms with Crippen LogP contribution >= 0.6 is 0 Å². The van der Waals surface area contributed by atoms with Crippen LogP contribution in [0.3, 0.4) is 0 Å². The Morgan fingerprint density at radius 1 is 1.24 bits per heavy atom. The molecule has 1 saturated heterocycles. The van der Waals surface area contributed by atoms with E-state index in [4.69, 9.17) is 4.74 Å². The van der Waals surface area contributed by atoms with E-state index in [1.54, 1.807) is 13.8 Å². The van der Waals surface area contributed by atoms with Gasteiger partial charge in [0.1, 0.15) is 6.04 Å². The van der Waals surface area contributed by atoms with Gasteiger partial charge in [-0.1, -0.05) is 38.8 Å². The highest BCUT2D eigenvalue weighted by atomic mass is 16.5. The second kappa shape index (κ2) is 10.8. The van der Waals surface area contributed by atoms with Crippen molar-refractivity contribution in [2.75, 3.05) is 19.8 Å². The molecule has 1 fully saturated rings. The highest BCUT2D eigenvalue weighted by molar-refractivity contribution is 5.96. The van der Waals surface area contributed by atoms with Crippen LogP contribution in [0.4, 0.5) is 0 Å². The fourth-order valence-electron chi connectivity index (χ4n) is 4.67. The van der Waals surface area contributed by atoms with Crippen molar-refractivity contribution in [2.24, 2.45) is 23.7 Å². The molecule has 164 valence electrons. The maximum atomic E-state index is 13.4. The number of rotatable bonds is 10. The predicted octanol–water partition coefficient (Wildman–Crippen LogP) is 1.89. The lowest BCUT2D eigenvalue weighted by molar-refractivity contribution is -0.156. The van der Waals surface area contributed by atoms with E-state index in [2.05, 4.69) is 5.32 Å². The van der Waals surface area contributed by atoms with Crippen LogP contribution in [0.15, 0.2) is 12.2 Å². The highest BCUT2D eigenvalue weighted by Crippen LogP contribution is 2.46. The molecule has 29 heavy (non-hydrogen) atoms. The van der Waals surface area contributed by atoms with Gasteiger partial charge >= 0.3 is 5.97 Å². The van der Waals surface area contributed by atoms with Crippen LogP contribution < -0.4 is 5.32 Å². The number of carbonyl (C=O) groups is 3. The second-order valence-corrected chi connectivity index (χ2v) is 8.08. The number of likely N-dealkylation sites (tertiary alicyclic amines) is 1. The molecule has 0 aromatic rings. The Morgan fingerprint density at radius 3 is 2.55 bits per heavy atom. The predicted molar refractivity (Wildman–Crippen MR) is 110 cm³/mol. The van der Waals surface area contributed by atoms with Crippen LogP contribution in [-0.4, -0.2) is 59.6 Å². The smallest absolute Gasteiger partial charge is 0.310 e. The van der Waals surface area contributed by atoms with Gasteiger partial charge in [0, 0.05) is 12.5 Å². The van der Waals surface area contributed by atoms with E-state index < -0.39 is 29.8 Å². The van der Waals surface area contributed by atoms with Crippen molar-refractivity contribution in [3.8, 4) is 0 Å². The van der Waals surface area contributed by atoms with Crippen molar-refractivity contribution in [1.82, 2.24) is 10.2 Å². The van der Waals surface area contributed by atoms with Crippen molar-refractivity contribution in [2.45, 2.75) is 65.5 Å². The number of aliphatic hydroxyl groups is 1. The molecule has 0 bridgehead atoms. The van der Waals surface area contributed by atoms with E-state index in [0.29, 0.717) is 6.54 Å². The molecule has 2 aliphatic rings. The fraction of sp³-hybridized carbons (Fsp3) is 0.773. The molecular weight excluding hydrogens is 372 g/mol. The first-order chi connectivity index (χ1) is 13.9. The monoisotopic (exact) mass is 408 g/mol. The van der Waals surface area contributed by atoms with Gasteiger partial charge in [0.05, 0.1) is 31.1 Å². The molecule has 1 aliphatic carbocycles. The van der Waals surface area contributed by atoms with Crippen molar-refractivity contribution in [3.63, 3.8) is 0 Å². The number of unbranched alkanes of at least 4 members (excludes halogenated alkanes) is 1. The average Bonchev–Trinajstić information content (AvgIpc) is 3.00. The van der Waals surface area contributed by atoms with Gasteiger partial charge in [0.15, 0.2) is 0 Å². The lowest BCUT2D eigenvalue weighted by Gasteiger charge is -2.34. The minimum absolute atomic E-state index is 0.0857. The van der Waals surface area contributed by atoms with E-state index in [1.165, 1.54) is 4.90 Å². The van der Waals surface area contributed by atoms with Gasteiger partial charge in [-0.05, 0) is 32.6 Å². The normalized spacial score (nSPS) is 29.5. The molecule has 1 heterocycles. The number of hydrogen-bond acceptors (Lipinski definition) is 5. The second-order valence-electron chi connectivity index (χ2n) is 8.08. The zero-order valence-corrected chi connectivity index (χ0v) is 18.1. The van der Waals surface area contributed by atoms with E-state index >= 15 is 0 Å². The number of amides is 2. The van der Waals surface area contributed by atoms with E-state index in [9.17, 15) is 19.5 Å². The maximum Gasteiger partial charge on any atom is 0.310 e. The molecular formula is C22H36N2O5. The van der Waals surface area contributed by atoms with Crippen LogP contribution in [0.1, 0.15) is 53.4 Å². The quantitative estimate of drug-likeness (QED) is 0.327. The first-order valence-electron chi connectivity index (χ1n) is 11.0. The Kier molecular flexibility index (Phi) is 8.68. The summed E-state index contributed by atoms with van der Waals surface area (Å²) in [6.07, 6.45) is 7.39. The van der Waals surface area contributed by atoms with Crippen molar-refractivity contribution in [1.29, 1.82) is 0 Å². The van der Waals surface area contributed by atoms with Gasteiger partial charge < -0.3 is 20.1 Å². The van der Waals surface area contributed by atoms with Gasteiger partial charge in [0.2, 0.25) is 11.8 Å². The standard InChI is InChI=1S/C22H36N2O5/c1-5-8-12-23-20(26)19-16-11-10-15(9-6-2)17(22(28)29-7-3)18(16)21(27)24(19)14(4)13-25/h10-11,14-19,25H,5-9,12-13H2,1-4H3,(H,23,26)/t14-,15-,16+,17-,18+,19+/m1/s1. The molecule has 2 rings (SSSR count). The number of esters is 1. The number of nitrogens with zero attached hydrogens (tertiary/aromatic N) is 1. The first kappa shape index (κ1) is 23.4. The minimum Gasteiger partial charge on any atom is -0.466 e. The number of fused-ring (bicyclic) bond motifs is 1. The van der Waals surface area contributed by atoms with Crippen molar-refractivity contribution >= 4 is 17.8 Å². The highest BCUT2D eigenvalue weighted by Gasteiger charge is 2.58. The van der Waals surface area contributed by atoms with Gasteiger partial charge in [-0.3, -0.25) is 14.4 Å². The molecule has 0 aromatic heterocycles. The summed E-state index contributed by atoms with van der Waals surface area (Å²) in [5.74, 6) is -2.55. The zero-order chi connectivity index (χ0) is 21.6. The lowest BCUT2D eigenvalue weighted by atomic mass is 9.69. The number of nitrogens with one attached hydrogen (secondary N) is 1. The van der Waals surface area contributed by atoms with Crippen LogP contribution in [0.5, 0.6) is 0 Å². The number of allylic oxidation sites excluding steroid dienone is 1. The molecule has 0 spiro atoms. The fourth-order valence-corrected chi connectivity index (χ4v) is 4.67. The number of ether oxygens (including phenoxy) is 1. The van der Waals surface area contributed by atoms with E-state index in [-0.39, 0.29) is 36.9 Å². The largest absolute Gasteiger partial charge is 0.466 e. The van der Waals surface area contributed by atoms with Crippen molar-refractivity contribution in [3.05, 3.63) is 12.2 Å². The van der Waals surface area contributed by atoms with Gasteiger partial charge in [-0.25, -0.2) is 0 Å². The third-order valence-corrected chi connectivity index (χ3v) is 6.07. The van der Waals surface area contributed by atoms with E-state index in [1.807, 2.05) is 26.0 Å². The Balaban J connectivity index is 2.42. The third-order valence-electron chi connectivity index (χ3n) is 6.07. The van der Waals surface area contributed by atoms with Gasteiger partial charge in [-0.2, -0.15) is 0 Å². The molecule has 7 heteroatoms. The molecule has 0 radical (unpaired) electrons. The summed E-state index contributed by atoms with van der Waals surface area (Å²) in [7, 11) is 0. The van der Waals surface area contributed by atoms with Gasteiger partial charge in [0.25, 0.3) is 0 Å². The summed E-state index contributed by atoms with van der Waals surface area (Å²) in [5, 5.41) is 12.6. The topological polar surface area (TPSA) is 95.9 Å². The van der Waals surface area contributed by atoms with Gasteiger partial charge in [-0.15, -0.1) is 0 Å². The molecule has 2 N–H and O–H groups in total. The summed E-state index contributed by atoms with van der Waals surface area (Å²) >= 11 is 0. The van der Waals surface area contributed by atoms with Crippen LogP contribution in [0.2, 0.25) is 0 Å². The molecule has 7 nitrogen and oxygen atoms in total. The molecule has 0 unspecified atom stereocenters. The lowest BCUT2D eigenvalue weighted by Crippen LogP contribution is -2.51. The van der Waals surface area contributed by atoms with Crippen LogP contribution in [0, 0.1) is 23.7 Å². The summed E-state index contributed by atoms with van der Waals surface area (Å²) in [5.41, 5.74) is 0. The Morgan fingerprint density at radius 2 is 1.97 bits per heavy atom. The number of carbonyl (C=O) groups excluding carboxylic acids is 3. The van der Waals surface area contributed by atoms with Crippen LogP contribution in [0.25, 0.3) is 0 Å². The number of aliphatic hydroxyl groups excluding tert-OH is 1. The Labute approximate surface area is 173 Å². The summed E-state index contributed by atoms with van der Waals surface area (Å²) < 4.78 is 5.32. The molecule has 0 aromatic carbocycles. The molecule has 0 saturated carbocycles. The first-order valence-corrected chi connectivity index (χ1v) is 11.0. The third kappa shape index (κ3) is 4.82. The molecule has 2 amide bonds. The average molecular weight is 409 g/mol. The van der Waals surface area contributed by atoms with Crippen LogP contribution in [-0.2, 0) is 19.1 Å². The SMILES string of the molecule is CCCCNC(=O)[C@@H]1[C@H]2C=C[C@@H](CCC)[C@@H](C(=O)OCC)[C@H]2C(=O)N1[C@H](C)CO. The molecule has 1 aliphatic heterocycles. The maximum absolute atomic E-state index is 13.4. The Bertz CT molecular complexity index is 620. The number of hydrogen-bond donors (Lipinski definition) is 2. The zero-order valence-electron chi connectivity index (χ0n) is 18.1.